The molecule has 0 bridgehead atoms. The van der Waals surface area contributed by atoms with Crippen LogP contribution in [0.5, 0.6) is 0 Å². The maximum absolute atomic E-state index is 4.27. The summed E-state index contributed by atoms with van der Waals surface area (Å²) in [5.41, 5.74) is 2.69. The Bertz CT molecular complexity index is 488. The second-order valence-corrected chi connectivity index (χ2v) is 5.69. The molecule has 0 saturated carbocycles. The Kier molecular flexibility index (Phi) is 5.81. The van der Waals surface area contributed by atoms with Crippen molar-refractivity contribution in [1.29, 1.82) is 0 Å². The lowest BCUT2D eigenvalue weighted by atomic mass is 10.1. The van der Waals surface area contributed by atoms with Crippen LogP contribution in [0.1, 0.15) is 31.5 Å². The lowest BCUT2D eigenvalue weighted by Crippen LogP contribution is -2.20. The molecule has 2 aromatic rings. The standard InChI is InChI=1S/C17H25N3/c1-15(2)11-18-12-17-13-19-14-20(17)10-6-9-16-7-4-3-5-8-16/h3-5,7-8,13-15,18H,6,9-12H2,1-2H3. The minimum absolute atomic E-state index is 0.685. The van der Waals surface area contributed by atoms with Gasteiger partial charge in [0.2, 0.25) is 0 Å². The lowest BCUT2D eigenvalue weighted by Gasteiger charge is -2.10. The van der Waals surface area contributed by atoms with Gasteiger partial charge in [-0.1, -0.05) is 44.2 Å². The van der Waals surface area contributed by atoms with Crippen molar-refractivity contribution >= 4 is 0 Å². The van der Waals surface area contributed by atoms with Crippen molar-refractivity contribution in [2.75, 3.05) is 6.54 Å². The minimum Gasteiger partial charge on any atom is -0.333 e. The summed E-state index contributed by atoms with van der Waals surface area (Å²) in [5.74, 6) is 0.685. The second kappa shape index (κ2) is 7.85. The number of hydrogen-bond donors (Lipinski definition) is 1. The Hall–Kier alpha value is -1.61. The van der Waals surface area contributed by atoms with E-state index < -0.39 is 0 Å². The van der Waals surface area contributed by atoms with E-state index in [-0.39, 0.29) is 0 Å². The van der Waals surface area contributed by atoms with Crippen LogP contribution in [-0.4, -0.2) is 16.1 Å². The zero-order valence-corrected chi connectivity index (χ0v) is 12.5. The van der Waals surface area contributed by atoms with E-state index in [9.17, 15) is 0 Å². The Morgan fingerprint density at radius 3 is 2.75 bits per heavy atom. The monoisotopic (exact) mass is 271 g/mol. The number of rotatable bonds is 8. The fraction of sp³-hybridized carbons (Fsp3) is 0.471. The van der Waals surface area contributed by atoms with Gasteiger partial charge in [0.25, 0.3) is 0 Å². The number of nitrogens with one attached hydrogen (secondary N) is 1. The van der Waals surface area contributed by atoms with Crippen molar-refractivity contribution in [3.05, 3.63) is 54.1 Å². The van der Waals surface area contributed by atoms with Crippen molar-refractivity contribution in [3.8, 4) is 0 Å². The van der Waals surface area contributed by atoms with Crippen LogP contribution < -0.4 is 5.32 Å². The van der Waals surface area contributed by atoms with E-state index in [0.717, 1.165) is 32.5 Å². The van der Waals surface area contributed by atoms with Gasteiger partial charge in [0.05, 0.1) is 12.0 Å². The third kappa shape index (κ3) is 4.82. The lowest BCUT2D eigenvalue weighted by molar-refractivity contribution is 0.529. The summed E-state index contributed by atoms with van der Waals surface area (Å²) in [6.45, 7) is 7.45. The topological polar surface area (TPSA) is 29.9 Å². The Morgan fingerprint density at radius 2 is 2.00 bits per heavy atom. The molecule has 1 N–H and O–H groups in total. The number of aryl methyl sites for hydroxylation is 2. The zero-order valence-electron chi connectivity index (χ0n) is 12.5. The van der Waals surface area contributed by atoms with Gasteiger partial charge in [-0.05, 0) is 30.9 Å². The van der Waals surface area contributed by atoms with Crippen LogP contribution in [0.15, 0.2) is 42.9 Å². The maximum atomic E-state index is 4.27. The van der Waals surface area contributed by atoms with E-state index in [2.05, 4.69) is 59.0 Å². The van der Waals surface area contributed by atoms with Crippen molar-refractivity contribution in [2.45, 2.75) is 39.8 Å². The van der Waals surface area contributed by atoms with Crippen LogP contribution in [0.4, 0.5) is 0 Å². The fourth-order valence-corrected chi connectivity index (χ4v) is 2.28. The van der Waals surface area contributed by atoms with Crippen LogP contribution in [0.25, 0.3) is 0 Å². The molecule has 0 saturated heterocycles. The molecule has 0 amide bonds. The number of imidazole rings is 1. The molecule has 3 heteroatoms. The molecule has 0 aliphatic rings. The van der Waals surface area contributed by atoms with E-state index >= 15 is 0 Å². The molecule has 2 rings (SSSR count). The maximum Gasteiger partial charge on any atom is 0.0948 e. The van der Waals surface area contributed by atoms with E-state index in [1.54, 1.807) is 0 Å². The van der Waals surface area contributed by atoms with Crippen LogP contribution in [-0.2, 0) is 19.5 Å². The fourth-order valence-electron chi connectivity index (χ4n) is 2.28. The van der Waals surface area contributed by atoms with Crippen LogP contribution in [0.3, 0.4) is 0 Å². The molecular formula is C17H25N3. The van der Waals surface area contributed by atoms with Crippen LogP contribution >= 0.6 is 0 Å². The van der Waals surface area contributed by atoms with Gasteiger partial charge < -0.3 is 9.88 Å². The normalized spacial score (nSPS) is 11.2. The highest BCUT2D eigenvalue weighted by atomic mass is 15.1. The van der Waals surface area contributed by atoms with E-state index in [1.807, 2.05) is 12.5 Å². The van der Waals surface area contributed by atoms with Crippen LogP contribution in [0.2, 0.25) is 0 Å². The number of nitrogens with zero attached hydrogens (tertiary/aromatic N) is 2. The van der Waals surface area contributed by atoms with Crippen molar-refractivity contribution in [3.63, 3.8) is 0 Å². The number of benzene rings is 1. The largest absolute Gasteiger partial charge is 0.333 e. The minimum atomic E-state index is 0.685. The van der Waals surface area contributed by atoms with Gasteiger partial charge >= 0.3 is 0 Å². The third-order valence-electron chi connectivity index (χ3n) is 3.36. The Balaban J connectivity index is 1.77. The van der Waals surface area contributed by atoms with Gasteiger partial charge in [0, 0.05) is 19.3 Å². The smallest absolute Gasteiger partial charge is 0.0948 e. The molecule has 1 aromatic carbocycles. The molecule has 0 fully saturated rings. The summed E-state index contributed by atoms with van der Waals surface area (Å²) < 4.78 is 2.26. The average molecular weight is 271 g/mol. The first-order valence-corrected chi connectivity index (χ1v) is 7.49. The summed E-state index contributed by atoms with van der Waals surface area (Å²) >= 11 is 0. The average Bonchev–Trinajstić information content (AvgIpc) is 2.87. The molecule has 1 aromatic heterocycles. The molecular weight excluding hydrogens is 246 g/mol. The second-order valence-electron chi connectivity index (χ2n) is 5.69. The quantitative estimate of drug-likeness (QED) is 0.798. The molecule has 0 spiro atoms. The van der Waals surface area contributed by atoms with Gasteiger partial charge in [-0.15, -0.1) is 0 Å². The molecule has 108 valence electrons. The predicted octanol–water partition coefficient (Wildman–Crippen LogP) is 3.26. The van der Waals surface area contributed by atoms with Gasteiger partial charge in [-0.3, -0.25) is 0 Å². The van der Waals surface area contributed by atoms with E-state index in [4.69, 9.17) is 0 Å². The molecule has 0 aliphatic heterocycles. The molecule has 0 atom stereocenters. The molecule has 0 radical (unpaired) electrons. The SMILES string of the molecule is CC(C)CNCc1cncn1CCCc1ccccc1. The molecule has 3 nitrogen and oxygen atoms in total. The predicted molar refractivity (Wildman–Crippen MR) is 83.5 cm³/mol. The zero-order chi connectivity index (χ0) is 14.2. The van der Waals surface area contributed by atoms with Crippen molar-refractivity contribution < 1.29 is 0 Å². The number of aromatic nitrogens is 2. The first kappa shape index (κ1) is 14.8. The molecule has 0 unspecified atom stereocenters. The van der Waals surface area contributed by atoms with Crippen molar-refractivity contribution in [1.82, 2.24) is 14.9 Å². The van der Waals surface area contributed by atoms with Gasteiger partial charge in [-0.25, -0.2) is 4.98 Å². The van der Waals surface area contributed by atoms with Crippen molar-refractivity contribution in [2.24, 2.45) is 5.92 Å². The summed E-state index contributed by atoms with van der Waals surface area (Å²) in [6.07, 6.45) is 6.18. The van der Waals surface area contributed by atoms with E-state index in [0.29, 0.717) is 5.92 Å². The molecule has 1 heterocycles. The van der Waals surface area contributed by atoms with Gasteiger partial charge in [0.15, 0.2) is 0 Å². The molecule has 20 heavy (non-hydrogen) atoms. The Morgan fingerprint density at radius 1 is 1.20 bits per heavy atom. The summed E-state index contributed by atoms with van der Waals surface area (Å²) in [5, 5.41) is 3.47. The van der Waals surface area contributed by atoms with E-state index in [1.165, 1.54) is 11.3 Å². The Labute approximate surface area is 122 Å². The highest BCUT2D eigenvalue weighted by Gasteiger charge is 2.02. The highest BCUT2D eigenvalue weighted by Crippen LogP contribution is 2.06. The first-order chi connectivity index (χ1) is 9.75. The van der Waals surface area contributed by atoms with Gasteiger partial charge in [-0.2, -0.15) is 0 Å². The summed E-state index contributed by atoms with van der Waals surface area (Å²) in [7, 11) is 0. The summed E-state index contributed by atoms with van der Waals surface area (Å²) in [4.78, 5) is 4.27. The highest BCUT2D eigenvalue weighted by molar-refractivity contribution is 5.14. The van der Waals surface area contributed by atoms with Gasteiger partial charge in [0.1, 0.15) is 0 Å². The third-order valence-corrected chi connectivity index (χ3v) is 3.36. The summed E-state index contributed by atoms with van der Waals surface area (Å²) in [6, 6.07) is 10.7. The first-order valence-electron chi connectivity index (χ1n) is 7.49. The van der Waals surface area contributed by atoms with Crippen LogP contribution in [0, 0.1) is 5.92 Å². The number of hydrogen-bond acceptors (Lipinski definition) is 2. The molecule has 0 aliphatic carbocycles.